The molecule has 0 aliphatic heterocycles. The second-order valence-electron chi connectivity index (χ2n) is 1.92. The fraction of sp³-hybridized carbons (Fsp3) is 0. The molecule has 0 amide bonds. The van der Waals surface area contributed by atoms with Gasteiger partial charge in [0, 0.05) is 0 Å². The second kappa shape index (κ2) is 15.3. The Hall–Kier alpha value is 0.843. The summed E-state index contributed by atoms with van der Waals surface area (Å²) in [5.41, 5.74) is 0. The van der Waals surface area contributed by atoms with Crippen LogP contribution in [-0.4, -0.2) is 5.11 Å². The molecule has 0 aromatic heterocycles. The van der Waals surface area contributed by atoms with Crippen LogP contribution in [0.3, 0.4) is 0 Å². The molecule has 0 atom stereocenters. The largest absolute Gasteiger partial charge is 3.00 e. The van der Waals surface area contributed by atoms with Gasteiger partial charge in [-0.25, -0.2) is 7.11 Å². The molecule has 0 aromatic rings. The average Bonchev–Trinajstić information content (AvgIpc) is 2.87. The van der Waals surface area contributed by atoms with Crippen molar-refractivity contribution in [1.82, 2.24) is 0 Å². The standard InChI is InChI=1S/2C5H5.CH3O.Zr/c2*1-2-4-5-3-1;1-2;/h2*1-5H;2H,1H2;/q;;-1;+3. The first-order valence-electron chi connectivity index (χ1n) is 3.65. The Kier molecular flexibility index (Phi) is 19.2. The number of hydrogen-bond donors (Lipinski definition) is 1. The van der Waals surface area contributed by atoms with E-state index in [1.54, 1.807) is 0 Å². The molecule has 0 aromatic carbocycles. The van der Waals surface area contributed by atoms with E-state index in [0.29, 0.717) is 0 Å². The summed E-state index contributed by atoms with van der Waals surface area (Å²) < 4.78 is 0. The van der Waals surface area contributed by atoms with Crippen molar-refractivity contribution in [1.29, 1.82) is 0 Å². The molecule has 0 unspecified atom stereocenters. The predicted octanol–water partition coefficient (Wildman–Crippen LogP) is 2.19. The normalized spacial score (nSPS) is 18.9. The molecule has 13 heavy (non-hydrogen) atoms. The van der Waals surface area contributed by atoms with E-state index in [1.165, 1.54) is 0 Å². The number of aliphatic hydroxyl groups excluding tert-OH is 1. The molecule has 2 saturated carbocycles. The third kappa shape index (κ3) is 12.8. The van der Waals surface area contributed by atoms with E-state index in [0.717, 1.165) is 0 Å². The minimum absolute atomic E-state index is 0. The molecule has 0 bridgehead atoms. The van der Waals surface area contributed by atoms with Crippen molar-refractivity contribution in [2.75, 3.05) is 0 Å². The summed E-state index contributed by atoms with van der Waals surface area (Å²) in [5, 5.41) is 6.75. The summed E-state index contributed by atoms with van der Waals surface area (Å²) in [6.45, 7) is 0. The zero-order valence-electron chi connectivity index (χ0n) is 7.43. The average molecular weight is 252 g/mol. The van der Waals surface area contributed by atoms with Crippen molar-refractivity contribution in [2.45, 2.75) is 0 Å². The zero-order chi connectivity index (χ0) is 9.07. The van der Waals surface area contributed by atoms with Crippen LogP contribution in [0.1, 0.15) is 0 Å². The van der Waals surface area contributed by atoms with Gasteiger partial charge in [-0.1, -0.05) is 0 Å². The van der Waals surface area contributed by atoms with Crippen LogP contribution in [0.4, 0.5) is 0 Å². The molecule has 2 aliphatic carbocycles. The molecule has 1 nitrogen and oxygen atoms in total. The first kappa shape index (κ1) is 16.3. The van der Waals surface area contributed by atoms with Gasteiger partial charge >= 0.3 is 26.2 Å². The van der Waals surface area contributed by atoms with Crippen molar-refractivity contribution >= 4 is 0 Å². The second-order valence-corrected chi connectivity index (χ2v) is 1.92. The maximum absolute atomic E-state index is 6.75. The third-order valence-corrected chi connectivity index (χ3v) is 1.11. The van der Waals surface area contributed by atoms with E-state index in [2.05, 4.69) is 7.11 Å². The van der Waals surface area contributed by atoms with E-state index in [1.807, 2.05) is 64.2 Å². The van der Waals surface area contributed by atoms with Crippen LogP contribution in [0.25, 0.3) is 0 Å². The van der Waals surface area contributed by atoms with Gasteiger partial charge in [0.15, 0.2) is 0 Å². The Labute approximate surface area is 102 Å². The van der Waals surface area contributed by atoms with Crippen LogP contribution in [0, 0.1) is 71.3 Å². The zero-order valence-corrected chi connectivity index (χ0v) is 9.89. The fourth-order valence-corrected chi connectivity index (χ4v) is 0.642. The summed E-state index contributed by atoms with van der Waals surface area (Å²) in [5.74, 6) is 0. The first-order chi connectivity index (χ1) is 6.00. The monoisotopic (exact) mass is 251 g/mol. The van der Waals surface area contributed by atoms with Gasteiger partial charge in [0.25, 0.3) is 0 Å². The maximum atomic E-state index is 6.75. The van der Waals surface area contributed by atoms with Crippen molar-refractivity contribution in [3.63, 3.8) is 0 Å². The molecular formula is C11H13OZr+2. The van der Waals surface area contributed by atoms with Gasteiger partial charge in [-0.3, -0.25) is 0 Å². The fourth-order valence-electron chi connectivity index (χ4n) is 0.642. The van der Waals surface area contributed by atoms with E-state index in [4.69, 9.17) is 5.11 Å². The van der Waals surface area contributed by atoms with Gasteiger partial charge in [0.2, 0.25) is 0 Å². The van der Waals surface area contributed by atoms with Gasteiger partial charge in [-0.2, -0.15) is 0 Å². The van der Waals surface area contributed by atoms with Crippen LogP contribution >= 0.6 is 0 Å². The van der Waals surface area contributed by atoms with E-state index in [-0.39, 0.29) is 26.2 Å². The quantitative estimate of drug-likeness (QED) is 0.655. The van der Waals surface area contributed by atoms with Crippen LogP contribution in [0.2, 0.25) is 0 Å². The minimum atomic E-state index is 0. The van der Waals surface area contributed by atoms with E-state index >= 15 is 0 Å². The summed E-state index contributed by atoms with van der Waals surface area (Å²) in [7, 11) is 2.25. The Morgan fingerprint density at radius 1 is 0.462 bits per heavy atom. The molecule has 2 rings (SSSR count). The van der Waals surface area contributed by atoms with Crippen molar-refractivity contribution in [2.24, 2.45) is 0 Å². The molecule has 0 saturated heterocycles. The van der Waals surface area contributed by atoms with Gasteiger partial charge in [-0.15, -0.1) is 0 Å². The van der Waals surface area contributed by atoms with Crippen LogP contribution in [0.15, 0.2) is 0 Å². The molecular weight excluding hydrogens is 239 g/mol. The molecule has 0 heterocycles. The first-order valence-corrected chi connectivity index (χ1v) is 3.65. The maximum Gasteiger partial charge on any atom is 3.00 e. The van der Waals surface area contributed by atoms with Crippen molar-refractivity contribution in [3.05, 3.63) is 71.3 Å². The summed E-state index contributed by atoms with van der Waals surface area (Å²) in [4.78, 5) is 0. The Morgan fingerprint density at radius 3 is 0.615 bits per heavy atom. The SMILES string of the molecule is [CH2-]O.[CH]1[CH][CH][CH][CH]1.[CH]1[CH][CH][CH][CH]1.[Zr+3]. The van der Waals surface area contributed by atoms with Crippen LogP contribution in [-0.2, 0) is 26.2 Å². The number of hydrogen-bond acceptors (Lipinski definition) is 1. The summed E-state index contributed by atoms with van der Waals surface area (Å²) in [6.07, 6.45) is 20.0. The van der Waals surface area contributed by atoms with Gasteiger partial charge in [-0.05, 0) is 64.2 Å². The molecule has 2 aliphatic rings. The van der Waals surface area contributed by atoms with Crippen molar-refractivity contribution in [3.8, 4) is 0 Å². The van der Waals surface area contributed by atoms with Crippen LogP contribution in [0.5, 0.6) is 0 Å². The summed E-state index contributed by atoms with van der Waals surface area (Å²) >= 11 is 0. The smallest absolute Gasteiger partial charge is 0.569 e. The van der Waals surface area contributed by atoms with Crippen LogP contribution < -0.4 is 0 Å². The predicted molar refractivity (Wildman–Crippen MR) is 50.3 cm³/mol. The van der Waals surface area contributed by atoms with Gasteiger partial charge in [0.1, 0.15) is 0 Å². The summed E-state index contributed by atoms with van der Waals surface area (Å²) in [6, 6.07) is 0. The Morgan fingerprint density at radius 2 is 0.538 bits per heavy atom. The molecule has 1 N–H and O–H groups in total. The van der Waals surface area contributed by atoms with Gasteiger partial charge in [0.05, 0.1) is 0 Å². The van der Waals surface area contributed by atoms with E-state index in [9.17, 15) is 0 Å². The Balaban J connectivity index is 0. The number of rotatable bonds is 0. The molecule has 11 radical (unpaired) electrons. The van der Waals surface area contributed by atoms with Gasteiger partial charge < -0.3 is 5.11 Å². The van der Waals surface area contributed by atoms with Crippen molar-refractivity contribution < 1.29 is 31.3 Å². The minimum Gasteiger partial charge on any atom is -0.569 e. The van der Waals surface area contributed by atoms with E-state index < -0.39 is 0 Å². The topological polar surface area (TPSA) is 20.2 Å². The molecule has 2 heteroatoms. The molecule has 0 spiro atoms. The third-order valence-electron chi connectivity index (χ3n) is 1.11. The number of aliphatic hydroxyl groups is 1. The molecule has 2 fully saturated rings. The molecule has 65 valence electrons. The Bertz CT molecular complexity index is 43.3.